The average molecular weight is 263 g/mol. The van der Waals surface area contributed by atoms with Gasteiger partial charge in [0.2, 0.25) is 0 Å². The molecule has 0 aliphatic rings. The zero-order valence-electron chi connectivity index (χ0n) is 13.1. The summed E-state index contributed by atoms with van der Waals surface area (Å²) in [5.41, 5.74) is 2.74. The van der Waals surface area contributed by atoms with Gasteiger partial charge in [0.05, 0.1) is 6.61 Å². The second kappa shape index (κ2) is 8.34. The third-order valence-corrected chi connectivity index (χ3v) is 3.52. The summed E-state index contributed by atoms with van der Waals surface area (Å²) in [5.74, 6) is 1.19. The second-order valence-corrected chi connectivity index (χ2v) is 5.79. The summed E-state index contributed by atoms with van der Waals surface area (Å²) in [6.45, 7) is 13.5. The lowest BCUT2D eigenvalue weighted by molar-refractivity contribution is 0.108. The normalized spacial score (nSPS) is 13.2. The Labute approximate surface area is 118 Å². The Hall–Kier alpha value is -0.860. The SMILES string of the molecule is CCOCC(NCc1ccc(C(C)C)cc1)C(C)C. The van der Waals surface area contributed by atoms with E-state index in [1.807, 2.05) is 6.92 Å². The lowest BCUT2D eigenvalue weighted by Crippen LogP contribution is -2.37. The van der Waals surface area contributed by atoms with Crippen molar-refractivity contribution in [3.63, 3.8) is 0 Å². The highest BCUT2D eigenvalue weighted by Gasteiger charge is 2.12. The van der Waals surface area contributed by atoms with E-state index in [9.17, 15) is 0 Å². The molecule has 2 heteroatoms. The van der Waals surface area contributed by atoms with Gasteiger partial charge in [0.15, 0.2) is 0 Å². The quantitative estimate of drug-likeness (QED) is 0.766. The largest absolute Gasteiger partial charge is 0.380 e. The maximum Gasteiger partial charge on any atom is 0.0622 e. The molecule has 2 nitrogen and oxygen atoms in total. The lowest BCUT2D eigenvalue weighted by atomic mass is 10.0. The van der Waals surface area contributed by atoms with Crippen molar-refractivity contribution in [1.82, 2.24) is 5.32 Å². The molecule has 1 aromatic rings. The molecule has 0 saturated carbocycles. The summed E-state index contributed by atoms with van der Waals surface area (Å²) in [4.78, 5) is 0. The van der Waals surface area contributed by atoms with Gasteiger partial charge >= 0.3 is 0 Å². The average Bonchev–Trinajstić information content (AvgIpc) is 2.39. The van der Waals surface area contributed by atoms with Crippen LogP contribution in [0.2, 0.25) is 0 Å². The minimum absolute atomic E-state index is 0.421. The minimum atomic E-state index is 0.421. The third kappa shape index (κ3) is 5.75. The number of hydrogen-bond donors (Lipinski definition) is 1. The van der Waals surface area contributed by atoms with Crippen molar-refractivity contribution in [3.05, 3.63) is 35.4 Å². The van der Waals surface area contributed by atoms with Crippen LogP contribution in [-0.2, 0) is 11.3 Å². The minimum Gasteiger partial charge on any atom is -0.380 e. The Morgan fingerprint density at radius 2 is 1.68 bits per heavy atom. The summed E-state index contributed by atoms with van der Waals surface area (Å²) in [7, 11) is 0. The lowest BCUT2D eigenvalue weighted by Gasteiger charge is -2.22. The maximum absolute atomic E-state index is 5.53. The molecule has 108 valence electrons. The van der Waals surface area contributed by atoms with E-state index in [2.05, 4.69) is 57.3 Å². The molecule has 0 aliphatic carbocycles. The van der Waals surface area contributed by atoms with Crippen LogP contribution in [0.15, 0.2) is 24.3 Å². The summed E-state index contributed by atoms with van der Waals surface area (Å²) in [5, 5.41) is 3.59. The second-order valence-electron chi connectivity index (χ2n) is 5.79. The first-order valence-corrected chi connectivity index (χ1v) is 7.44. The van der Waals surface area contributed by atoms with E-state index in [1.54, 1.807) is 0 Å². The van der Waals surface area contributed by atoms with Crippen molar-refractivity contribution in [2.45, 2.75) is 53.1 Å². The van der Waals surface area contributed by atoms with Gasteiger partial charge in [-0.3, -0.25) is 0 Å². The molecular formula is C17H29NO. The van der Waals surface area contributed by atoms with Gasteiger partial charge in [-0.1, -0.05) is 52.0 Å². The highest BCUT2D eigenvalue weighted by molar-refractivity contribution is 5.24. The molecule has 0 fully saturated rings. The van der Waals surface area contributed by atoms with Crippen molar-refractivity contribution in [2.75, 3.05) is 13.2 Å². The highest BCUT2D eigenvalue weighted by Crippen LogP contribution is 2.15. The first-order valence-electron chi connectivity index (χ1n) is 7.44. The molecule has 0 heterocycles. The monoisotopic (exact) mass is 263 g/mol. The number of benzene rings is 1. The summed E-state index contributed by atoms with van der Waals surface area (Å²) < 4.78 is 5.53. The van der Waals surface area contributed by atoms with Gasteiger partial charge in [-0.25, -0.2) is 0 Å². The molecule has 0 bridgehead atoms. The molecule has 0 radical (unpaired) electrons. The van der Waals surface area contributed by atoms with Crippen molar-refractivity contribution in [2.24, 2.45) is 5.92 Å². The molecule has 19 heavy (non-hydrogen) atoms. The predicted octanol–water partition coefficient (Wildman–Crippen LogP) is 3.96. The first-order chi connectivity index (χ1) is 9.04. The van der Waals surface area contributed by atoms with E-state index in [0.717, 1.165) is 19.8 Å². The van der Waals surface area contributed by atoms with Crippen LogP contribution in [-0.4, -0.2) is 19.3 Å². The van der Waals surface area contributed by atoms with E-state index in [4.69, 9.17) is 4.74 Å². The maximum atomic E-state index is 5.53. The Morgan fingerprint density at radius 1 is 1.05 bits per heavy atom. The van der Waals surface area contributed by atoms with Crippen molar-refractivity contribution in [1.29, 1.82) is 0 Å². The van der Waals surface area contributed by atoms with Crippen LogP contribution < -0.4 is 5.32 Å². The molecule has 0 aliphatic heterocycles. The summed E-state index contributed by atoms with van der Waals surface area (Å²) >= 11 is 0. The molecule has 0 saturated heterocycles. The Bertz CT molecular complexity index is 343. The topological polar surface area (TPSA) is 21.3 Å². The van der Waals surface area contributed by atoms with Gasteiger partial charge in [-0.05, 0) is 29.9 Å². The van der Waals surface area contributed by atoms with Crippen LogP contribution in [0.5, 0.6) is 0 Å². The van der Waals surface area contributed by atoms with Crippen molar-refractivity contribution >= 4 is 0 Å². The van der Waals surface area contributed by atoms with Gasteiger partial charge in [0, 0.05) is 19.2 Å². The molecule has 1 atom stereocenters. The Morgan fingerprint density at radius 3 is 2.16 bits per heavy atom. The number of ether oxygens (including phenoxy) is 1. The fourth-order valence-electron chi connectivity index (χ4n) is 2.00. The van der Waals surface area contributed by atoms with Crippen LogP contribution in [0.4, 0.5) is 0 Å². The number of rotatable bonds is 8. The summed E-state index contributed by atoms with van der Waals surface area (Å²) in [6, 6.07) is 9.33. The molecule has 1 rings (SSSR count). The standard InChI is InChI=1S/C17H29NO/c1-6-19-12-17(14(4)5)18-11-15-7-9-16(10-8-15)13(2)3/h7-10,13-14,17-18H,6,11-12H2,1-5H3. The van der Waals surface area contributed by atoms with E-state index in [0.29, 0.717) is 17.9 Å². The fourth-order valence-corrected chi connectivity index (χ4v) is 2.00. The Balaban J connectivity index is 2.49. The molecule has 0 aromatic heterocycles. The van der Waals surface area contributed by atoms with Gasteiger partial charge in [0.1, 0.15) is 0 Å². The fraction of sp³-hybridized carbons (Fsp3) is 0.647. The molecule has 0 amide bonds. The van der Waals surface area contributed by atoms with Gasteiger partial charge in [-0.15, -0.1) is 0 Å². The van der Waals surface area contributed by atoms with Crippen molar-refractivity contribution < 1.29 is 4.74 Å². The van der Waals surface area contributed by atoms with Crippen LogP contribution in [0, 0.1) is 5.92 Å². The van der Waals surface area contributed by atoms with Crippen LogP contribution in [0.25, 0.3) is 0 Å². The van der Waals surface area contributed by atoms with Crippen molar-refractivity contribution in [3.8, 4) is 0 Å². The van der Waals surface area contributed by atoms with E-state index in [1.165, 1.54) is 11.1 Å². The van der Waals surface area contributed by atoms with E-state index in [-0.39, 0.29) is 0 Å². The number of nitrogens with one attached hydrogen (secondary N) is 1. The molecule has 1 aromatic carbocycles. The molecular weight excluding hydrogens is 234 g/mol. The van der Waals surface area contributed by atoms with Crippen LogP contribution in [0.1, 0.15) is 51.7 Å². The molecule has 0 spiro atoms. The van der Waals surface area contributed by atoms with E-state index >= 15 is 0 Å². The molecule has 1 unspecified atom stereocenters. The first kappa shape index (κ1) is 16.2. The summed E-state index contributed by atoms with van der Waals surface area (Å²) in [6.07, 6.45) is 0. The zero-order chi connectivity index (χ0) is 14.3. The Kier molecular flexibility index (Phi) is 7.11. The van der Waals surface area contributed by atoms with Gasteiger partial charge in [-0.2, -0.15) is 0 Å². The number of hydrogen-bond acceptors (Lipinski definition) is 2. The smallest absolute Gasteiger partial charge is 0.0622 e. The van der Waals surface area contributed by atoms with Gasteiger partial charge < -0.3 is 10.1 Å². The highest BCUT2D eigenvalue weighted by atomic mass is 16.5. The van der Waals surface area contributed by atoms with Crippen LogP contribution in [0.3, 0.4) is 0 Å². The van der Waals surface area contributed by atoms with Gasteiger partial charge in [0.25, 0.3) is 0 Å². The zero-order valence-corrected chi connectivity index (χ0v) is 13.1. The van der Waals surface area contributed by atoms with E-state index < -0.39 is 0 Å². The predicted molar refractivity (Wildman–Crippen MR) is 82.5 cm³/mol. The molecule has 1 N–H and O–H groups in total. The third-order valence-electron chi connectivity index (χ3n) is 3.52. The van der Waals surface area contributed by atoms with Crippen LogP contribution >= 0.6 is 0 Å².